The highest BCUT2D eigenvalue weighted by molar-refractivity contribution is 6.10. The van der Waals surface area contributed by atoms with Crippen LogP contribution in [0.3, 0.4) is 0 Å². The highest BCUT2D eigenvalue weighted by Crippen LogP contribution is 2.12. The van der Waals surface area contributed by atoms with Crippen molar-refractivity contribution in [1.82, 2.24) is 0 Å². The Balaban J connectivity index is 1.86. The lowest BCUT2D eigenvalue weighted by Gasteiger charge is -1.99. The van der Waals surface area contributed by atoms with Gasteiger partial charge >= 0.3 is 0 Å². The molecule has 0 heterocycles. The van der Waals surface area contributed by atoms with Crippen molar-refractivity contribution in [3.8, 4) is 29.4 Å². The van der Waals surface area contributed by atoms with E-state index < -0.39 is 0 Å². The maximum Gasteiger partial charge on any atom is 0.237 e. The first-order valence-corrected chi connectivity index (χ1v) is 8.13. The van der Waals surface area contributed by atoms with Crippen LogP contribution in [-0.2, 0) is 0 Å². The predicted molar refractivity (Wildman–Crippen MR) is 103 cm³/mol. The third kappa shape index (κ3) is 4.41. The Bertz CT molecular complexity index is 1020. The Morgan fingerprint density at radius 2 is 1.38 bits per heavy atom. The van der Waals surface area contributed by atoms with E-state index in [9.17, 15) is 4.79 Å². The first kappa shape index (κ1) is 17.1. The molecule has 0 fully saturated rings. The largest absolute Gasteiger partial charge is 0.497 e. The fourth-order valence-electron chi connectivity index (χ4n) is 2.32. The lowest BCUT2D eigenvalue weighted by Crippen LogP contribution is -1.98. The average Bonchev–Trinajstić information content (AvgIpc) is 2.72. The van der Waals surface area contributed by atoms with Gasteiger partial charge in [-0.25, -0.2) is 0 Å². The van der Waals surface area contributed by atoms with Crippen molar-refractivity contribution in [3.63, 3.8) is 0 Å². The number of hydrogen-bond donors (Lipinski definition) is 0. The Hall–Kier alpha value is -3.75. The summed E-state index contributed by atoms with van der Waals surface area (Å²) in [6, 6.07) is 24.2. The molecule has 0 unspecified atom stereocenters. The van der Waals surface area contributed by atoms with Gasteiger partial charge in [0.15, 0.2) is 0 Å². The molecular weight excluding hydrogens is 320 g/mol. The second kappa shape index (κ2) is 8.38. The van der Waals surface area contributed by atoms with Crippen LogP contribution in [0.4, 0.5) is 0 Å². The zero-order valence-electron chi connectivity index (χ0n) is 14.3. The Morgan fingerprint density at radius 3 is 2.12 bits per heavy atom. The summed E-state index contributed by atoms with van der Waals surface area (Å²) in [4.78, 5) is 12.5. The van der Waals surface area contributed by atoms with Crippen LogP contribution in [0.2, 0.25) is 0 Å². The summed E-state index contributed by atoms with van der Waals surface area (Å²) in [5.74, 6) is 12.3. The summed E-state index contributed by atoms with van der Waals surface area (Å²) in [6.07, 6.45) is 0. The van der Waals surface area contributed by atoms with Gasteiger partial charge in [0.1, 0.15) is 5.75 Å². The lowest BCUT2D eigenvalue weighted by molar-refractivity contribution is 0.105. The molecule has 3 rings (SSSR count). The van der Waals surface area contributed by atoms with Crippen molar-refractivity contribution in [1.29, 1.82) is 0 Å². The summed E-state index contributed by atoms with van der Waals surface area (Å²) >= 11 is 0. The Kier molecular flexibility index (Phi) is 5.51. The van der Waals surface area contributed by atoms with Gasteiger partial charge in [0, 0.05) is 22.3 Å². The molecule has 26 heavy (non-hydrogen) atoms. The first-order chi connectivity index (χ1) is 12.8. The minimum Gasteiger partial charge on any atom is -0.497 e. The number of Topliss-reactive ketones (excluding diaryl/α,β-unsaturated/α-hetero) is 1. The highest BCUT2D eigenvalue weighted by atomic mass is 16.5. The normalized spacial score (nSPS) is 9.27. The van der Waals surface area contributed by atoms with Gasteiger partial charge in [0.2, 0.25) is 5.78 Å². The molecule has 0 aliphatic heterocycles. The van der Waals surface area contributed by atoms with Crippen LogP contribution in [0.5, 0.6) is 5.75 Å². The molecule has 0 N–H and O–H groups in total. The highest BCUT2D eigenvalue weighted by Gasteiger charge is 2.06. The molecular formula is C24H16O2. The molecule has 3 aromatic rings. The predicted octanol–water partition coefficient (Wildman–Crippen LogP) is 4.33. The van der Waals surface area contributed by atoms with Crippen LogP contribution in [0.25, 0.3) is 0 Å². The molecule has 3 aromatic carbocycles. The molecule has 0 atom stereocenters. The van der Waals surface area contributed by atoms with E-state index in [1.165, 1.54) is 0 Å². The molecule has 2 nitrogen and oxygen atoms in total. The molecule has 0 radical (unpaired) electrons. The molecule has 0 spiro atoms. The van der Waals surface area contributed by atoms with E-state index in [2.05, 4.69) is 23.7 Å². The Morgan fingerprint density at radius 1 is 0.731 bits per heavy atom. The van der Waals surface area contributed by atoms with E-state index in [-0.39, 0.29) is 5.78 Å². The number of ketones is 1. The van der Waals surface area contributed by atoms with Crippen molar-refractivity contribution in [2.75, 3.05) is 7.11 Å². The number of methoxy groups -OCH3 is 1. The summed E-state index contributed by atoms with van der Waals surface area (Å²) < 4.78 is 5.14. The van der Waals surface area contributed by atoms with E-state index in [1.54, 1.807) is 13.2 Å². The van der Waals surface area contributed by atoms with Crippen molar-refractivity contribution >= 4 is 5.78 Å². The smallest absolute Gasteiger partial charge is 0.237 e. The number of hydrogen-bond acceptors (Lipinski definition) is 2. The summed E-state index contributed by atoms with van der Waals surface area (Å²) in [5, 5.41) is 0. The van der Waals surface area contributed by atoms with Crippen LogP contribution < -0.4 is 4.74 Å². The molecule has 0 saturated carbocycles. The summed E-state index contributed by atoms with van der Waals surface area (Å²) in [6.45, 7) is 0. The third-order valence-corrected chi connectivity index (χ3v) is 3.70. The zero-order chi connectivity index (χ0) is 18.2. The van der Waals surface area contributed by atoms with Gasteiger partial charge in [-0.05, 0) is 54.5 Å². The summed E-state index contributed by atoms with van der Waals surface area (Å²) in [5.41, 5.74) is 2.83. The van der Waals surface area contributed by atoms with E-state index in [0.29, 0.717) is 11.1 Å². The van der Waals surface area contributed by atoms with Gasteiger partial charge in [-0.1, -0.05) is 48.1 Å². The molecule has 124 valence electrons. The van der Waals surface area contributed by atoms with Gasteiger partial charge in [-0.3, -0.25) is 4.79 Å². The molecule has 0 aliphatic rings. The van der Waals surface area contributed by atoms with Crippen molar-refractivity contribution < 1.29 is 9.53 Å². The van der Waals surface area contributed by atoms with E-state index >= 15 is 0 Å². The molecule has 0 saturated heterocycles. The maximum atomic E-state index is 12.5. The fourth-order valence-corrected chi connectivity index (χ4v) is 2.32. The topological polar surface area (TPSA) is 26.3 Å². The third-order valence-electron chi connectivity index (χ3n) is 3.70. The second-order valence-electron chi connectivity index (χ2n) is 5.47. The maximum absolute atomic E-state index is 12.5. The number of rotatable bonds is 2. The second-order valence-corrected chi connectivity index (χ2v) is 5.47. The lowest BCUT2D eigenvalue weighted by atomic mass is 10.0. The average molecular weight is 336 g/mol. The van der Waals surface area contributed by atoms with Crippen LogP contribution >= 0.6 is 0 Å². The van der Waals surface area contributed by atoms with Gasteiger partial charge in [-0.15, -0.1) is 0 Å². The van der Waals surface area contributed by atoms with Crippen LogP contribution in [0.15, 0.2) is 78.9 Å². The number of ether oxygens (including phenoxy) is 1. The van der Waals surface area contributed by atoms with E-state index in [4.69, 9.17) is 4.74 Å². The van der Waals surface area contributed by atoms with Gasteiger partial charge < -0.3 is 4.74 Å². The van der Waals surface area contributed by atoms with Gasteiger partial charge in [0.25, 0.3) is 0 Å². The molecule has 0 aliphatic carbocycles. The number of benzene rings is 3. The zero-order valence-corrected chi connectivity index (χ0v) is 14.3. The molecule has 0 aromatic heterocycles. The van der Waals surface area contributed by atoms with Crippen molar-refractivity contribution in [3.05, 3.63) is 101 Å². The van der Waals surface area contributed by atoms with Gasteiger partial charge in [0.05, 0.1) is 7.11 Å². The standard InChI is InChI=1S/C24H16O2/c1-26-22-16-12-20(13-17-22)11-15-21-9-5-6-10-23(21)24(25)18-14-19-7-3-2-4-8-19/h2-10,12-13,16-17H,1H3. The molecule has 2 heteroatoms. The Labute approximate surface area is 153 Å². The minimum atomic E-state index is -0.242. The van der Waals surface area contributed by atoms with Crippen LogP contribution in [0, 0.1) is 23.7 Å². The van der Waals surface area contributed by atoms with Crippen LogP contribution in [-0.4, -0.2) is 12.9 Å². The monoisotopic (exact) mass is 336 g/mol. The number of carbonyl (C=O) groups is 1. The van der Waals surface area contributed by atoms with E-state index in [1.807, 2.05) is 72.8 Å². The van der Waals surface area contributed by atoms with Gasteiger partial charge in [-0.2, -0.15) is 0 Å². The SMILES string of the molecule is COc1ccc(C#Cc2ccccc2C(=O)C#Cc2ccccc2)cc1. The van der Waals surface area contributed by atoms with Crippen molar-refractivity contribution in [2.45, 2.75) is 0 Å². The minimum absolute atomic E-state index is 0.242. The van der Waals surface area contributed by atoms with Crippen molar-refractivity contribution in [2.24, 2.45) is 0 Å². The fraction of sp³-hybridized carbons (Fsp3) is 0.0417. The summed E-state index contributed by atoms with van der Waals surface area (Å²) in [7, 11) is 1.62. The van der Waals surface area contributed by atoms with E-state index in [0.717, 1.165) is 16.9 Å². The quantitative estimate of drug-likeness (QED) is 0.514. The van der Waals surface area contributed by atoms with Crippen LogP contribution in [0.1, 0.15) is 27.0 Å². The number of carbonyl (C=O) groups excluding carboxylic acids is 1. The molecule has 0 amide bonds. The molecule has 0 bridgehead atoms. The first-order valence-electron chi connectivity index (χ1n) is 8.13.